The number of fused-ring (bicyclic) bond motifs is 3. The van der Waals surface area contributed by atoms with Crippen LogP contribution in [0.2, 0.25) is 5.02 Å². The van der Waals surface area contributed by atoms with Crippen molar-refractivity contribution in [1.29, 1.82) is 0 Å². The quantitative estimate of drug-likeness (QED) is 0.404. The first-order valence-electron chi connectivity index (χ1n) is 15.7. The molecule has 4 aliphatic rings. The molecule has 0 radical (unpaired) electrons. The minimum Gasteiger partial charge on any atom is -0.490 e. The average molecular weight is 647 g/mol. The van der Waals surface area contributed by atoms with E-state index >= 15 is 0 Å². The van der Waals surface area contributed by atoms with Crippen LogP contribution in [0, 0.1) is 11.8 Å². The third-order valence-electron chi connectivity index (χ3n) is 10.3. The van der Waals surface area contributed by atoms with Crippen molar-refractivity contribution in [3.05, 3.63) is 58.1 Å². The fraction of sp³-hybridized carbons (Fsp3) is 0.606. The Morgan fingerprint density at radius 3 is 2.80 bits per heavy atom. The summed E-state index contributed by atoms with van der Waals surface area (Å²) >= 11 is 6.41. The number of hydrogen-bond acceptors (Lipinski definition) is 8. The van der Waals surface area contributed by atoms with Crippen LogP contribution in [-0.4, -0.2) is 71.9 Å². The van der Waals surface area contributed by atoms with Gasteiger partial charge in [0.25, 0.3) is 0 Å². The van der Waals surface area contributed by atoms with Crippen LogP contribution in [0.4, 0.5) is 5.69 Å². The van der Waals surface area contributed by atoms with Gasteiger partial charge in [0.05, 0.1) is 49.0 Å². The zero-order valence-electron chi connectivity index (χ0n) is 25.5. The number of primary sulfonamides is 1. The molecule has 2 aliphatic heterocycles. The van der Waals surface area contributed by atoms with Crippen molar-refractivity contribution in [2.75, 3.05) is 44.9 Å². The fourth-order valence-electron chi connectivity index (χ4n) is 7.56. The first-order valence-corrected chi connectivity index (χ1v) is 17.7. The summed E-state index contributed by atoms with van der Waals surface area (Å²) in [6, 6.07) is 11.8. The number of ether oxygens (including phenoxy) is 4. The lowest BCUT2D eigenvalue weighted by Gasteiger charge is -2.47. The predicted octanol–water partition coefficient (Wildman–Crippen LogP) is 4.87. The highest BCUT2D eigenvalue weighted by Crippen LogP contribution is 2.47. The van der Waals surface area contributed by atoms with Gasteiger partial charge in [0.2, 0.25) is 10.0 Å². The maximum Gasteiger partial charge on any atom is 0.337 e. The van der Waals surface area contributed by atoms with E-state index in [9.17, 15) is 13.2 Å². The molecule has 11 heteroatoms. The van der Waals surface area contributed by atoms with Crippen molar-refractivity contribution >= 4 is 33.3 Å². The second-order valence-electron chi connectivity index (χ2n) is 13.1. The fourth-order valence-corrected chi connectivity index (χ4v) is 8.03. The summed E-state index contributed by atoms with van der Waals surface area (Å²) < 4.78 is 47.3. The zero-order chi connectivity index (χ0) is 31.1. The summed E-state index contributed by atoms with van der Waals surface area (Å²) in [6.07, 6.45) is 6.69. The molecule has 1 saturated heterocycles. The van der Waals surface area contributed by atoms with Gasteiger partial charge >= 0.3 is 5.97 Å². The van der Waals surface area contributed by atoms with Gasteiger partial charge in [-0.25, -0.2) is 18.4 Å². The molecule has 1 saturated carbocycles. The molecule has 240 valence electrons. The molecule has 0 amide bonds. The molecule has 9 nitrogen and oxygen atoms in total. The molecule has 2 heterocycles. The van der Waals surface area contributed by atoms with Crippen molar-refractivity contribution < 1.29 is 32.2 Å². The summed E-state index contributed by atoms with van der Waals surface area (Å²) in [5.41, 5.74) is 3.80. The normalized spacial score (nSPS) is 29.0. The van der Waals surface area contributed by atoms with E-state index in [1.54, 1.807) is 13.0 Å². The lowest BCUT2D eigenvalue weighted by molar-refractivity contribution is -0.116. The van der Waals surface area contributed by atoms with E-state index in [-0.39, 0.29) is 30.2 Å². The first-order chi connectivity index (χ1) is 21.1. The molecule has 6 atom stereocenters. The highest BCUT2D eigenvalue weighted by Gasteiger charge is 2.45. The van der Waals surface area contributed by atoms with Gasteiger partial charge in [0, 0.05) is 36.6 Å². The second-order valence-corrected chi connectivity index (χ2v) is 15.5. The third kappa shape index (κ3) is 6.47. The SMILES string of the molecule is COC(=O)c1ccc2c(c1)N(C[C@@H]1CC[C@H]1[C@@H]1C[C@H](OC[C@@H](C)S(N)(=O)=O)CCO1)C[C@@]1(CCCc3cc(Cl)ccc31)CO2. The molecule has 1 spiro atoms. The van der Waals surface area contributed by atoms with Crippen LogP contribution in [0.25, 0.3) is 0 Å². The van der Waals surface area contributed by atoms with Crippen molar-refractivity contribution in [1.82, 2.24) is 0 Å². The number of carbonyl (C=O) groups excluding carboxylic acids is 1. The minimum absolute atomic E-state index is 0.0490. The van der Waals surface area contributed by atoms with E-state index in [2.05, 4.69) is 17.0 Å². The van der Waals surface area contributed by atoms with E-state index in [0.29, 0.717) is 30.6 Å². The largest absolute Gasteiger partial charge is 0.490 e. The predicted molar refractivity (Wildman–Crippen MR) is 169 cm³/mol. The maximum absolute atomic E-state index is 12.5. The number of anilines is 1. The number of benzene rings is 2. The van der Waals surface area contributed by atoms with Gasteiger partial charge in [-0.1, -0.05) is 17.7 Å². The number of aryl methyl sites for hydroxylation is 1. The zero-order valence-corrected chi connectivity index (χ0v) is 27.1. The Morgan fingerprint density at radius 1 is 1.20 bits per heavy atom. The smallest absolute Gasteiger partial charge is 0.337 e. The number of esters is 1. The van der Waals surface area contributed by atoms with Crippen LogP contribution in [-0.2, 0) is 36.1 Å². The van der Waals surface area contributed by atoms with Gasteiger partial charge in [0.1, 0.15) is 5.75 Å². The molecule has 0 unspecified atom stereocenters. The average Bonchev–Trinajstić information content (AvgIpc) is 3.14. The molecular formula is C33H43ClN2O7S. The minimum atomic E-state index is -3.63. The van der Waals surface area contributed by atoms with Crippen LogP contribution in [0.1, 0.15) is 66.9 Å². The Bertz CT molecular complexity index is 1490. The lowest BCUT2D eigenvalue weighted by atomic mass is 9.67. The number of methoxy groups -OCH3 is 1. The van der Waals surface area contributed by atoms with Gasteiger partial charge in [-0.05, 0) is 98.7 Å². The van der Waals surface area contributed by atoms with Gasteiger partial charge in [0.15, 0.2) is 0 Å². The van der Waals surface area contributed by atoms with E-state index in [4.69, 9.17) is 35.7 Å². The Balaban J connectivity index is 1.24. The summed E-state index contributed by atoms with van der Waals surface area (Å²) in [6.45, 7) is 4.39. The van der Waals surface area contributed by atoms with Gasteiger partial charge in [-0.15, -0.1) is 0 Å². The number of carbonyl (C=O) groups is 1. The number of halogens is 1. The Labute approximate surface area is 265 Å². The standard InChI is InChI=1S/C33H43ClN2O7S/c1-21(44(35,38)39)18-42-26-11-13-41-31(16-26)27-8-5-24(27)17-36-19-33(12-3-4-22-14-25(34)7-9-28(22)33)20-43-30-10-6-23(15-29(30)36)32(37)40-2/h6-7,9-10,14-15,21,24,26-27,31H,3-5,8,11-13,16-20H2,1-2H3,(H2,35,38,39)/t21-,24+,26-,27-,31+,33+/m1/s1. The Morgan fingerprint density at radius 2 is 2.05 bits per heavy atom. The highest BCUT2D eigenvalue weighted by molar-refractivity contribution is 7.89. The molecule has 2 aromatic rings. The molecule has 0 aromatic heterocycles. The summed E-state index contributed by atoms with van der Waals surface area (Å²) in [5.74, 6) is 1.16. The molecule has 2 aromatic carbocycles. The van der Waals surface area contributed by atoms with Crippen molar-refractivity contribution in [2.24, 2.45) is 17.0 Å². The highest BCUT2D eigenvalue weighted by atomic mass is 35.5. The van der Waals surface area contributed by atoms with Crippen LogP contribution >= 0.6 is 11.6 Å². The topological polar surface area (TPSA) is 117 Å². The van der Waals surface area contributed by atoms with Crippen molar-refractivity contribution in [2.45, 2.75) is 74.7 Å². The number of nitrogens with zero attached hydrogens (tertiary/aromatic N) is 1. The Kier molecular flexibility index (Phi) is 9.19. The number of sulfonamides is 1. The second kappa shape index (κ2) is 12.8. The number of nitrogens with two attached hydrogens (primary N) is 1. The molecule has 6 rings (SSSR count). The van der Waals surface area contributed by atoms with Gasteiger partial charge < -0.3 is 23.8 Å². The lowest BCUT2D eigenvalue weighted by Crippen LogP contribution is -2.51. The molecule has 44 heavy (non-hydrogen) atoms. The molecule has 2 fully saturated rings. The van der Waals surface area contributed by atoms with Crippen LogP contribution in [0.15, 0.2) is 36.4 Å². The van der Waals surface area contributed by atoms with E-state index in [1.807, 2.05) is 18.2 Å². The molecule has 0 bridgehead atoms. The molecule has 2 aliphatic carbocycles. The Hall–Kier alpha value is -2.37. The number of rotatable bonds is 8. The van der Waals surface area contributed by atoms with E-state index in [1.165, 1.54) is 18.2 Å². The van der Waals surface area contributed by atoms with Crippen molar-refractivity contribution in [3.8, 4) is 5.75 Å². The van der Waals surface area contributed by atoms with Crippen LogP contribution in [0.3, 0.4) is 0 Å². The monoisotopic (exact) mass is 646 g/mol. The van der Waals surface area contributed by atoms with E-state index in [0.717, 1.165) is 74.5 Å². The first kappa shape index (κ1) is 31.6. The summed E-state index contributed by atoms with van der Waals surface area (Å²) in [7, 11) is -2.23. The molecular weight excluding hydrogens is 604 g/mol. The van der Waals surface area contributed by atoms with Crippen molar-refractivity contribution in [3.63, 3.8) is 0 Å². The molecule has 2 N–H and O–H groups in total. The van der Waals surface area contributed by atoms with Crippen LogP contribution in [0.5, 0.6) is 5.75 Å². The summed E-state index contributed by atoms with van der Waals surface area (Å²) in [5, 5.41) is 5.31. The third-order valence-corrected chi connectivity index (χ3v) is 11.8. The van der Waals surface area contributed by atoms with Gasteiger partial charge in [-0.2, -0.15) is 0 Å². The van der Waals surface area contributed by atoms with Crippen LogP contribution < -0.4 is 14.8 Å². The van der Waals surface area contributed by atoms with E-state index < -0.39 is 15.3 Å². The summed E-state index contributed by atoms with van der Waals surface area (Å²) in [4.78, 5) is 15.0. The maximum atomic E-state index is 12.5. The van der Waals surface area contributed by atoms with Gasteiger partial charge in [-0.3, -0.25) is 0 Å². The number of hydrogen-bond donors (Lipinski definition) is 1.